The minimum absolute atomic E-state index is 0.130. The second-order valence-corrected chi connectivity index (χ2v) is 5.98. The van der Waals surface area contributed by atoms with Crippen molar-refractivity contribution in [3.05, 3.63) is 35.4 Å². The Bertz CT molecular complexity index is 544. The van der Waals surface area contributed by atoms with E-state index in [1.807, 2.05) is 24.3 Å². The Hall–Kier alpha value is -2.17. The third-order valence-electron chi connectivity index (χ3n) is 3.88. The van der Waals surface area contributed by atoms with Gasteiger partial charge in [0.2, 0.25) is 0 Å². The van der Waals surface area contributed by atoms with E-state index in [1.165, 1.54) is 11.8 Å². The molecule has 0 spiro atoms. The van der Waals surface area contributed by atoms with Crippen LogP contribution in [0.25, 0.3) is 0 Å². The van der Waals surface area contributed by atoms with E-state index in [1.54, 1.807) is 0 Å². The minimum atomic E-state index is -0.720. The lowest BCUT2D eigenvalue weighted by Crippen LogP contribution is -2.42. The van der Waals surface area contributed by atoms with Crippen molar-refractivity contribution in [1.29, 1.82) is 0 Å². The summed E-state index contributed by atoms with van der Waals surface area (Å²) >= 11 is 0. The van der Waals surface area contributed by atoms with E-state index in [-0.39, 0.29) is 6.04 Å². The number of carbonyl (C=O) groups excluding carboxylic acids is 2. The van der Waals surface area contributed by atoms with Gasteiger partial charge < -0.3 is 5.32 Å². The van der Waals surface area contributed by atoms with Gasteiger partial charge in [-0.05, 0) is 29.9 Å². The first-order valence-electron chi connectivity index (χ1n) is 7.80. The molecule has 1 fully saturated rings. The van der Waals surface area contributed by atoms with Crippen LogP contribution in [-0.2, 0) is 9.59 Å². The number of carbonyl (C=O) groups is 2. The number of amides is 2. The average Bonchev–Trinajstić information content (AvgIpc) is 3.00. The van der Waals surface area contributed by atoms with Crippen LogP contribution in [0.3, 0.4) is 0 Å². The van der Waals surface area contributed by atoms with Gasteiger partial charge in [-0.15, -0.1) is 0 Å². The molecule has 1 aromatic carbocycles. The summed E-state index contributed by atoms with van der Waals surface area (Å²) in [7, 11) is 0. The molecule has 1 saturated carbocycles. The molecule has 0 heterocycles. The molecule has 118 valence electrons. The summed E-state index contributed by atoms with van der Waals surface area (Å²) < 4.78 is 0. The molecule has 0 radical (unpaired) electrons. The molecular weight excluding hydrogens is 278 g/mol. The fraction of sp³-hybridized carbons (Fsp3) is 0.471. The van der Waals surface area contributed by atoms with Crippen LogP contribution >= 0.6 is 0 Å². The van der Waals surface area contributed by atoms with E-state index >= 15 is 0 Å². The molecule has 0 aliphatic heterocycles. The van der Waals surface area contributed by atoms with E-state index in [4.69, 9.17) is 0 Å². The number of hydrogen-bond donors (Lipinski definition) is 2. The number of hydrogen-bond acceptors (Lipinski definition) is 3. The first kappa shape index (κ1) is 16.2. The summed E-state index contributed by atoms with van der Waals surface area (Å²) in [6.07, 6.45) is 5.65. The SMILES string of the molecule is CC(C)c1ccc(/C=N\NC(=O)C(=O)NC2CCCC2)cc1. The van der Waals surface area contributed by atoms with Crippen molar-refractivity contribution in [3.8, 4) is 0 Å². The van der Waals surface area contributed by atoms with E-state index in [0.717, 1.165) is 31.2 Å². The van der Waals surface area contributed by atoms with Crippen LogP contribution in [0, 0.1) is 0 Å². The third kappa shape index (κ3) is 4.69. The molecule has 0 bridgehead atoms. The molecule has 0 aromatic heterocycles. The number of nitrogens with one attached hydrogen (secondary N) is 2. The van der Waals surface area contributed by atoms with Gasteiger partial charge in [0.1, 0.15) is 0 Å². The van der Waals surface area contributed by atoms with Crippen molar-refractivity contribution < 1.29 is 9.59 Å². The molecule has 1 aliphatic rings. The predicted octanol–water partition coefficient (Wildman–Crippen LogP) is 2.32. The van der Waals surface area contributed by atoms with Crippen LogP contribution in [0.15, 0.2) is 29.4 Å². The maximum atomic E-state index is 11.7. The number of benzene rings is 1. The van der Waals surface area contributed by atoms with Crippen LogP contribution < -0.4 is 10.7 Å². The Labute approximate surface area is 131 Å². The average molecular weight is 301 g/mol. The highest BCUT2D eigenvalue weighted by Gasteiger charge is 2.20. The second-order valence-electron chi connectivity index (χ2n) is 5.98. The molecule has 2 amide bonds. The summed E-state index contributed by atoms with van der Waals surface area (Å²) in [5.41, 5.74) is 4.38. The summed E-state index contributed by atoms with van der Waals surface area (Å²) in [5.74, 6) is -0.855. The van der Waals surface area contributed by atoms with Crippen molar-refractivity contribution >= 4 is 18.0 Å². The topological polar surface area (TPSA) is 70.6 Å². The molecule has 5 nitrogen and oxygen atoms in total. The molecule has 1 aliphatic carbocycles. The van der Waals surface area contributed by atoms with Crippen molar-refractivity contribution in [2.24, 2.45) is 5.10 Å². The smallest absolute Gasteiger partial charge is 0.329 e. The lowest BCUT2D eigenvalue weighted by Gasteiger charge is -2.10. The summed E-state index contributed by atoms with van der Waals surface area (Å²) in [5, 5.41) is 6.55. The molecule has 1 aromatic rings. The fourth-order valence-electron chi connectivity index (χ4n) is 2.50. The molecule has 22 heavy (non-hydrogen) atoms. The summed E-state index contributed by atoms with van der Waals surface area (Å²) in [6, 6.07) is 8.06. The minimum Gasteiger partial charge on any atom is -0.345 e. The zero-order valence-electron chi connectivity index (χ0n) is 13.1. The summed E-state index contributed by atoms with van der Waals surface area (Å²) in [6.45, 7) is 4.26. The Balaban J connectivity index is 1.80. The van der Waals surface area contributed by atoms with Crippen LogP contribution in [-0.4, -0.2) is 24.1 Å². The molecule has 0 saturated heterocycles. The third-order valence-corrected chi connectivity index (χ3v) is 3.88. The van der Waals surface area contributed by atoms with Gasteiger partial charge in [0, 0.05) is 6.04 Å². The highest BCUT2D eigenvalue weighted by Crippen LogP contribution is 2.17. The largest absolute Gasteiger partial charge is 0.345 e. The van der Waals surface area contributed by atoms with Gasteiger partial charge in [-0.1, -0.05) is 51.0 Å². The van der Waals surface area contributed by atoms with Gasteiger partial charge in [-0.3, -0.25) is 9.59 Å². The second kappa shape index (κ2) is 7.73. The Morgan fingerprint density at radius 3 is 2.36 bits per heavy atom. The van der Waals surface area contributed by atoms with Crippen molar-refractivity contribution in [1.82, 2.24) is 10.7 Å². The maximum Gasteiger partial charge on any atom is 0.329 e. The molecule has 2 N–H and O–H groups in total. The summed E-state index contributed by atoms with van der Waals surface area (Å²) in [4.78, 5) is 23.3. The van der Waals surface area contributed by atoms with E-state index in [2.05, 4.69) is 29.7 Å². The van der Waals surface area contributed by atoms with Gasteiger partial charge in [0.15, 0.2) is 0 Å². The van der Waals surface area contributed by atoms with Gasteiger partial charge >= 0.3 is 11.8 Å². The molecular formula is C17H23N3O2. The van der Waals surface area contributed by atoms with Crippen LogP contribution in [0.1, 0.15) is 56.6 Å². The van der Waals surface area contributed by atoms with Gasteiger partial charge in [0.05, 0.1) is 6.21 Å². The zero-order valence-corrected chi connectivity index (χ0v) is 13.1. The van der Waals surface area contributed by atoms with Crippen LogP contribution in [0.5, 0.6) is 0 Å². The van der Waals surface area contributed by atoms with Crippen LogP contribution in [0.4, 0.5) is 0 Å². The lowest BCUT2D eigenvalue weighted by atomic mass is 10.0. The standard InChI is InChI=1S/C17H23N3O2/c1-12(2)14-9-7-13(8-10-14)11-18-20-17(22)16(21)19-15-5-3-4-6-15/h7-12,15H,3-6H2,1-2H3,(H,19,21)(H,20,22)/b18-11-. The van der Waals surface area contributed by atoms with Crippen LogP contribution in [0.2, 0.25) is 0 Å². The molecule has 0 unspecified atom stereocenters. The van der Waals surface area contributed by atoms with Gasteiger partial charge in [-0.2, -0.15) is 5.10 Å². The fourth-order valence-corrected chi connectivity index (χ4v) is 2.50. The van der Waals surface area contributed by atoms with E-state index < -0.39 is 11.8 Å². The highest BCUT2D eigenvalue weighted by atomic mass is 16.2. The number of nitrogens with zero attached hydrogens (tertiary/aromatic N) is 1. The first-order chi connectivity index (χ1) is 10.6. The maximum absolute atomic E-state index is 11.7. The number of rotatable bonds is 4. The van der Waals surface area contributed by atoms with Crippen molar-refractivity contribution in [3.63, 3.8) is 0 Å². The van der Waals surface area contributed by atoms with E-state index in [9.17, 15) is 9.59 Å². The Kier molecular flexibility index (Phi) is 5.69. The Morgan fingerprint density at radius 2 is 1.77 bits per heavy atom. The highest BCUT2D eigenvalue weighted by molar-refractivity contribution is 6.35. The quantitative estimate of drug-likeness (QED) is 0.509. The monoisotopic (exact) mass is 301 g/mol. The normalized spacial score (nSPS) is 15.4. The Morgan fingerprint density at radius 1 is 1.14 bits per heavy atom. The molecule has 2 rings (SSSR count). The number of hydrazone groups is 1. The van der Waals surface area contributed by atoms with Crippen molar-refractivity contribution in [2.75, 3.05) is 0 Å². The zero-order chi connectivity index (χ0) is 15.9. The lowest BCUT2D eigenvalue weighted by molar-refractivity contribution is -0.139. The first-order valence-corrected chi connectivity index (χ1v) is 7.80. The van der Waals surface area contributed by atoms with Gasteiger partial charge in [0.25, 0.3) is 0 Å². The molecule has 5 heteroatoms. The van der Waals surface area contributed by atoms with E-state index in [0.29, 0.717) is 5.92 Å². The van der Waals surface area contributed by atoms with Crippen molar-refractivity contribution in [2.45, 2.75) is 51.5 Å². The van der Waals surface area contributed by atoms with Gasteiger partial charge in [-0.25, -0.2) is 5.43 Å². The predicted molar refractivity (Wildman–Crippen MR) is 86.7 cm³/mol. The molecule has 0 atom stereocenters.